The molecule has 2 nitrogen and oxygen atoms in total. The molecular weight excluding hydrogens is 358 g/mol. The van der Waals surface area contributed by atoms with E-state index in [0.717, 1.165) is 14.9 Å². The van der Waals surface area contributed by atoms with Gasteiger partial charge in [-0.1, -0.05) is 28.1 Å². The average Bonchev–Trinajstić information content (AvgIpc) is 2.76. The van der Waals surface area contributed by atoms with Gasteiger partial charge >= 0.3 is 0 Å². The van der Waals surface area contributed by atoms with Gasteiger partial charge in [-0.05, 0) is 59.6 Å². The van der Waals surface area contributed by atoms with Gasteiger partial charge in [0.1, 0.15) is 5.76 Å². The quantitative estimate of drug-likeness (QED) is 0.796. The van der Waals surface area contributed by atoms with Gasteiger partial charge in [0, 0.05) is 10.5 Å². The van der Waals surface area contributed by atoms with Crippen molar-refractivity contribution >= 4 is 31.9 Å². The van der Waals surface area contributed by atoms with E-state index in [0.29, 0.717) is 0 Å². The maximum atomic E-state index is 5.55. The Morgan fingerprint density at radius 1 is 0.944 bits per heavy atom. The molecule has 0 saturated carbocycles. The van der Waals surface area contributed by atoms with Crippen LogP contribution in [0.5, 0.6) is 0 Å². The molecule has 2 aromatic rings. The van der Waals surface area contributed by atoms with Crippen LogP contribution in [-0.2, 0) is 0 Å². The van der Waals surface area contributed by atoms with Gasteiger partial charge in [0.15, 0.2) is 4.67 Å². The third-order valence-corrected chi connectivity index (χ3v) is 3.85. The number of hydrogen-bond donors (Lipinski definition) is 1. The SMILES string of the molecule is CC(N[C@@H](C)c1ccc(Br)cc1)c1ccc(Br)o1. The highest BCUT2D eigenvalue weighted by molar-refractivity contribution is 9.10. The molecule has 0 aliphatic heterocycles. The van der Waals surface area contributed by atoms with E-state index < -0.39 is 0 Å². The zero-order valence-electron chi connectivity index (χ0n) is 10.3. The van der Waals surface area contributed by atoms with E-state index in [9.17, 15) is 0 Å². The second kappa shape index (κ2) is 6.04. The Bertz CT molecular complexity index is 507. The minimum atomic E-state index is 0.176. The number of rotatable bonds is 4. The Morgan fingerprint density at radius 3 is 2.17 bits per heavy atom. The molecule has 0 aliphatic rings. The lowest BCUT2D eigenvalue weighted by Gasteiger charge is -2.19. The highest BCUT2D eigenvalue weighted by atomic mass is 79.9. The first-order valence-corrected chi connectivity index (χ1v) is 7.41. The zero-order valence-corrected chi connectivity index (χ0v) is 13.5. The van der Waals surface area contributed by atoms with Crippen molar-refractivity contribution in [2.24, 2.45) is 0 Å². The summed E-state index contributed by atoms with van der Waals surface area (Å²) in [6.07, 6.45) is 0. The summed E-state index contributed by atoms with van der Waals surface area (Å²) in [6, 6.07) is 12.7. The zero-order chi connectivity index (χ0) is 13.1. The van der Waals surface area contributed by atoms with Crippen LogP contribution in [0.2, 0.25) is 0 Å². The minimum Gasteiger partial charge on any atom is -0.453 e. The second-order valence-corrected chi connectivity index (χ2v) is 6.00. The third-order valence-electron chi connectivity index (χ3n) is 2.89. The smallest absolute Gasteiger partial charge is 0.169 e. The summed E-state index contributed by atoms with van der Waals surface area (Å²) in [4.78, 5) is 0. The molecule has 4 heteroatoms. The summed E-state index contributed by atoms with van der Waals surface area (Å²) in [6.45, 7) is 4.25. The summed E-state index contributed by atoms with van der Waals surface area (Å²) in [5.41, 5.74) is 1.26. The second-order valence-electron chi connectivity index (χ2n) is 4.30. The molecule has 96 valence electrons. The van der Waals surface area contributed by atoms with Crippen molar-refractivity contribution < 1.29 is 4.42 Å². The largest absolute Gasteiger partial charge is 0.453 e. The molecule has 0 amide bonds. The van der Waals surface area contributed by atoms with Gasteiger partial charge in [-0.2, -0.15) is 0 Å². The van der Waals surface area contributed by atoms with Crippen LogP contribution in [0, 0.1) is 0 Å². The Kier molecular flexibility index (Phi) is 4.65. The molecule has 18 heavy (non-hydrogen) atoms. The molecular formula is C14H15Br2NO. The molecule has 0 bridgehead atoms. The lowest BCUT2D eigenvalue weighted by Crippen LogP contribution is -2.22. The van der Waals surface area contributed by atoms with Crippen LogP contribution < -0.4 is 5.32 Å². The summed E-state index contributed by atoms with van der Waals surface area (Å²) in [7, 11) is 0. The van der Waals surface area contributed by atoms with Crippen molar-refractivity contribution in [2.75, 3.05) is 0 Å². The fourth-order valence-corrected chi connectivity index (χ4v) is 2.45. The first-order valence-electron chi connectivity index (χ1n) is 5.83. The lowest BCUT2D eigenvalue weighted by molar-refractivity contribution is 0.394. The van der Waals surface area contributed by atoms with Crippen molar-refractivity contribution in [1.82, 2.24) is 5.32 Å². The van der Waals surface area contributed by atoms with Crippen LogP contribution in [0.3, 0.4) is 0 Å². The maximum Gasteiger partial charge on any atom is 0.169 e. The fraction of sp³-hybridized carbons (Fsp3) is 0.286. The van der Waals surface area contributed by atoms with E-state index in [1.54, 1.807) is 0 Å². The van der Waals surface area contributed by atoms with Crippen LogP contribution >= 0.6 is 31.9 Å². The van der Waals surface area contributed by atoms with Crippen molar-refractivity contribution in [1.29, 1.82) is 0 Å². The van der Waals surface area contributed by atoms with Crippen LogP contribution in [0.15, 0.2) is 50.0 Å². The molecule has 0 aliphatic carbocycles. The number of nitrogens with one attached hydrogen (secondary N) is 1. The van der Waals surface area contributed by atoms with Crippen LogP contribution in [0.1, 0.15) is 37.3 Å². The summed E-state index contributed by atoms with van der Waals surface area (Å²) >= 11 is 6.76. The van der Waals surface area contributed by atoms with E-state index in [-0.39, 0.29) is 12.1 Å². The van der Waals surface area contributed by atoms with Gasteiger partial charge in [0.25, 0.3) is 0 Å². The van der Waals surface area contributed by atoms with Crippen LogP contribution in [0.4, 0.5) is 0 Å². The predicted octanol–water partition coefficient (Wildman–Crippen LogP) is 5.22. The third kappa shape index (κ3) is 3.46. The van der Waals surface area contributed by atoms with Gasteiger partial charge < -0.3 is 9.73 Å². The molecule has 0 radical (unpaired) electrons. The Labute approximate surface area is 124 Å². The van der Waals surface area contributed by atoms with Crippen molar-refractivity contribution in [3.8, 4) is 0 Å². The van der Waals surface area contributed by atoms with E-state index in [4.69, 9.17) is 4.42 Å². The standard InChI is InChI=1S/C14H15Br2NO/c1-9(11-3-5-12(15)6-4-11)17-10(2)13-7-8-14(16)18-13/h3-10,17H,1-2H3/t9-,10?/m0/s1. The Hall–Kier alpha value is -0.580. The summed E-state index contributed by atoms with van der Waals surface area (Å²) < 4.78 is 7.41. The number of benzene rings is 1. The summed E-state index contributed by atoms with van der Waals surface area (Å²) in [5, 5.41) is 3.52. The van der Waals surface area contributed by atoms with Crippen molar-refractivity contribution in [2.45, 2.75) is 25.9 Å². The minimum absolute atomic E-state index is 0.176. The molecule has 2 atom stereocenters. The lowest BCUT2D eigenvalue weighted by atomic mass is 10.1. The first-order chi connectivity index (χ1) is 8.56. The van der Waals surface area contributed by atoms with Crippen molar-refractivity contribution in [3.05, 3.63) is 56.9 Å². The Balaban J connectivity index is 2.02. The molecule has 1 N–H and O–H groups in total. The predicted molar refractivity (Wildman–Crippen MR) is 80.5 cm³/mol. The fourth-order valence-electron chi connectivity index (χ4n) is 1.87. The van der Waals surface area contributed by atoms with Gasteiger partial charge in [0.05, 0.1) is 6.04 Å². The van der Waals surface area contributed by atoms with Crippen LogP contribution in [-0.4, -0.2) is 0 Å². The number of halogens is 2. The normalized spacial score (nSPS) is 14.4. The van der Waals surface area contributed by atoms with E-state index in [1.807, 2.05) is 12.1 Å². The molecule has 2 rings (SSSR count). The maximum absolute atomic E-state index is 5.55. The summed E-state index contributed by atoms with van der Waals surface area (Å²) in [5.74, 6) is 0.936. The van der Waals surface area contributed by atoms with Crippen molar-refractivity contribution in [3.63, 3.8) is 0 Å². The molecule has 1 heterocycles. The van der Waals surface area contributed by atoms with Gasteiger partial charge in [-0.25, -0.2) is 0 Å². The van der Waals surface area contributed by atoms with Gasteiger partial charge in [0.2, 0.25) is 0 Å². The molecule has 1 aromatic carbocycles. The van der Waals surface area contributed by atoms with Gasteiger partial charge in [-0.3, -0.25) is 0 Å². The van der Waals surface area contributed by atoms with E-state index in [1.165, 1.54) is 5.56 Å². The highest BCUT2D eigenvalue weighted by Crippen LogP contribution is 2.24. The monoisotopic (exact) mass is 371 g/mol. The molecule has 0 saturated heterocycles. The average molecular weight is 373 g/mol. The number of hydrogen-bond acceptors (Lipinski definition) is 2. The topological polar surface area (TPSA) is 25.2 Å². The highest BCUT2D eigenvalue weighted by Gasteiger charge is 2.13. The molecule has 1 aromatic heterocycles. The van der Waals surface area contributed by atoms with E-state index >= 15 is 0 Å². The molecule has 0 spiro atoms. The molecule has 0 fully saturated rings. The van der Waals surface area contributed by atoms with E-state index in [2.05, 4.69) is 75.3 Å². The van der Waals surface area contributed by atoms with Gasteiger partial charge in [-0.15, -0.1) is 0 Å². The van der Waals surface area contributed by atoms with Crippen LogP contribution in [0.25, 0.3) is 0 Å². The first kappa shape index (κ1) is 13.8. The number of furan rings is 1. The Morgan fingerprint density at radius 2 is 1.61 bits per heavy atom. The molecule has 1 unspecified atom stereocenters.